The van der Waals surface area contributed by atoms with E-state index in [0.29, 0.717) is 29.0 Å². The lowest BCUT2D eigenvalue weighted by atomic mass is 9.97. The predicted molar refractivity (Wildman–Crippen MR) is 123 cm³/mol. The van der Waals surface area contributed by atoms with Gasteiger partial charge in [0.2, 0.25) is 11.8 Å². The summed E-state index contributed by atoms with van der Waals surface area (Å²) in [6.07, 6.45) is 5.67. The van der Waals surface area contributed by atoms with Gasteiger partial charge in [0.05, 0.1) is 37.4 Å². The standard InChI is InChI=1S/C24H27FN4O4/c1-5-18(30)28-21-14(2)20(24(32-4)27-17(21)12-25)16-10-9-15-13-26-29(22(15)23(16)31-3)19-8-6-7-11-33-19/h5,9-10,13,19H,1,6-8,11-12H2,2-4H3,(H,28,30). The van der Waals surface area contributed by atoms with Crippen LogP contribution in [-0.4, -0.2) is 41.5 Å². The number of halogens is 1. The Morgan fingerprint density at radius 2 is 2.18 bits per heavy atom. The molecule has 1 amide bonds. The van der Waals surface area contributed by atoms with E-state index in [4.69, 9.17) is 14.2 Å². The number of hydrogen-bond donors (Lipinski definition) is 1. The molecule has 3 heterocycles. The highest BCUT2D eigenvalue weighted by molar-refractivity contribution is 6.01. The van der Waals surface area contributed by atoms with Crippen LogP contribution in [0.1, 0.15) is 36.7 Å². The number of hydrogen-bond acceptors (Lipinski definition) is 6. The van der Waals surface area contributed by atoms with E-state index in [-0.39, 0.29) is 23.5 Å². The second-order valence-electron chi connectivity index (χ2n) is 7.76. The summed E-state index contributed by atoms with van der Waals surface area (Å²) in [5.41, 5.74) is 3.01. The maximum Gasteiger partial charge on any atom is 0.247 e. The van der Waals surface area contributed by atoms with E-state index in [1.165, 1.54) is 7.11 Å². The van der Waals surface area contributed by atoms with E-state index in [0.717, 1.165) is 36.2 Å². The predicted octanol–water partition coefficient (Wildman–Crippen LogP) is 4.72. The summed E-state index contributed by atoms with van der Waals surface area (Å²) < 4.78 is 33.0. The molecule has 0 spiro atoms. The fourth-order valence-electron chi connectivity index (χ4n) is 4.29. The molecular formula is C24H27FN4O4. The highest BCUT2D eigenvalue weighted by Crippen LogP contribution is 2.45. The zero-order valence-electron chi connectivity index (χ0n) is 19.0. The number of benzene rings is 1. The Labute approximate surface area is 191 Å². The number of fused-ring (bicyclic) bond motifs is 1. The van der Waals surface area contributed by atoms with Gasteiger partial charge in [-0.15, -0.1) is 0 Å². The molecule has 2 aromatic heterocycles. The number of nitrogens with one attached hydrogen (secondary N) is 1. The van der Waals surface area contributed by atoms with Crippen molar-refractivity contribution in [2.75, 3.05) is 26.1 Å². The molecule has 1 N–H and O–H groups in total. The molecule has 0 radical (unpaired) electrons. The molecule has 0 aliphatic carbocycles. The molecule has 1 atom stereocenters. The van der Waals surface area contributed by atoms with Gasteiger partial charge in [0, 0.05) is 17.6 Å². The molecule has 8 nitrogen and oxygen atoms in total. The first kappa shape index (κ1) is 22.7. The highest BCUT2D eigenvalue weighted by atomic mass is 19.1. The van der Waals surface area contributed by atoms with Crippen molar-refractivity contribution in [1.82, 2.24) is 14.8 Å². The molecule has 0 bridgehead atoms. The van der Waals surface area contributed by atoms with Crippen molar-refractivity contribution < 1.29 is 23.4 Å². The van der Waals surface area contributed by atoms with Crippen LogP contribution < -0.4 is 14.8 Å². The molecule has 1 saturated heterocycles. The fraction of sp³-hybridized carbons (Fsp3) is 0.375. The van der Waals surface area contributed by atoms with Crippen molar-refractivity contribution in [2.24, 2.45) is 0 Å². The van der Waals surface area contributed by atoms with Crippen LogP contribution in [0.2, 0.25) is 0 Å². The minimum absolute atomic E-state index is 0.0731. The first-order valence-electron chi connectivity index (χ1n) is 10.8. The lowest BCUT2D eigenvalue weighted by molar-refractivity contribution is -0.111. The maximum atomic E-state index is 13.8. The van der Waals surface area contributed by atoms with Gasteiger partial charge in [0.25, 0.3) is 0 Å². The number of anilines is 1. The molecule has 0 saturated carbocycles. The Morgan fingerprint density at radius 3 is 2.82 bits per heavy atom. The molecule has 1 unspecified atom stereocenters. The monoisotopic (exact) mass is 454 g/mol. The molecule has 1 aromatic carbocycles. The Kier molecular flexibility index (Phi) is 6.60. The maximum absolute atomic E-state index is 13.8. The van der Waals surface area contributed by atoms with Crippen LogP contribution >= 0.6 is 0 Å². The first-order chi connectivity index (χ1) is 16.0. The molecule has 174 valence electrons. The smallest absolute Gasteiger partial charge is 0.247 e. The van der Waals surface area contributed by atoms with Crippen LogP contribution in [0, 0.1) is 6.92 Å². The number of amides is 1. The number of nitrogens with zero attached hydrogens (tertiary/aromatic N) is 3. The van der Waals surface area contributed by atoms with Crippen LogP contribution in [0.4, 0.5) is 10.1 Å². The zero-order valence-corrected chi connectivity index (χ0v) is 19.0. The van der Waals surface area contributed by atoms with Gasteiger partial charge in [-0.2, -0.15) is 5.10 Å². The van der Waals surface area contributed by atoms with E-state index >= 15 is 0 Å². The third-order valence-electron chi connectivity index (χ3n) is 5.86. The van der Waals surface area contributed by atoms with Gasteiger partial charge in [0.15, 0.2) is 12.0 Å². The zero-order chi connectivity index (χ0) is 23.5. The molecular weight excluding hydrogens is 427 g/mol. The van der Waals surface area contributed by atoms with Crippen molar-refractivity contribution in [3.63, 3.8) is 0 Å². The highest BCUT2D eigenvalue weighted by Gasteiger charge is 2.26. The van der Waals surface area contributed by atoms with Crippen LogP contribution in [0.15, 0.2) is 31.0 Å². The third-order valence-corrected chi connectivity index (χ3v) is 5.86. The molecule has 1 aliphatic heterocycles. The van der Waals surface area contributed by atoms with Crippen molar-refractivity contribution >= 4 is 22.5 Å². The van der Waals surface area contributed by atoms with Crippen molar-refractivity contribution in [1.29, 1.82) is 0 Å². The van der Waals surface area contributed by atoms with Crippen molar-refractivity contribution in [3.05, 3.63) is 42.2 Å². The summed E-state index contributed by atoms with van der Waals surface area (Å²) in [4.78, 5) is 16.4. The Hall–Kier alpha value is -3.46. The number of aromatic nitrogens is 3. The number of pyridine rings is 1. The van der Waals surface area contributed by atoms with Crippen LogP contribution in [-0.2, 0) is 16.2 Å². The van der Waals surface area contributed by atoms with Gasteiger partial charge in [0.1, 0.15) is 12.2 Å². The number of carbonyl (C=O) groups excluding carboxylic acids is 1. The van der Waals surface area contributed by atoms with E-state index < -0.39 is 12.6 Å². The Balaban J connectivity index is 1.97. The first-order valence-corrected chi connectivity index (χ1v) is 10.8. The van der Waals surface area contributed by atoms with Gasteiger partial charge in [-0.25, -0.2) is 14.1 Å². The lowest BCUT2D eigenvalue weighted by Gasteiger charge is -2.25. The van der Waals surface area contributed by atoms with Crippen LogP contribution in [0.3, 0.4) is 0 Å². The van der Waals surface area contributed by atoms with E-state index in [2.05, 4.69) is 22.0 Å². The van der Waals surface area contributed by atoms with Gasteiger partial charge in [-0.1, -0.05) is 12.6 Å². The normalized spacial score (nSPS) is 15.9. The van der Waals surface area contributed by atoms with E-state index in [1.54, 1.807) is 20.2 Å². The molecule has 3 aromatic rings. The Morgan fingerprint density at radius 1 is 1.36 bits per heavy atom. The summed E-state index contributed by atoms with van der Waals surface area (Å²) >= 11 is 0. The molecule has 4 rings (SSSR count). The summed E-state index contributed by atoms with van der Waals surface area (Å²) in [6.45, 7) is 5.07. The quantitative estimate of drug-likeness (QED) is 0.520. The minimum atomic E-state index is -0.869. The summed E-state index contributed by atoms with van der Waals surface area (Å²) in [7, 11) is 3.06. The summed E-state index contributed by atoms with van der Waals surface area (Å²) in [5, 5.41) is 8.15. The van der Waals surface area contributed by atoms with Crippen molar-refractivity contribution in [3.8, 4) is 22.8 Å². The van der Waals surface area contributed by atoms with Gasteiger partial charge < -0.3 is 19.5 Å². The van der Waals surface area contributed by atoms with E-state index in [9.17, 15) is 9.18 Å². The topological polar surface area (TPSA) is 87.5 Å². The average molecular weight is 455 g/mol. The SMILES string of the molecule is C=CC(=O)Nc1c(CF)nc(OC)c(-c2ccc3cnn(C4CCCCO4)c3c2OC)c1C. The molecule has 33 heavy (non-hydrogen) atoms. The molecule has 1 aliphatic rings. The number of ether oxygens (including phenoxy) is 3. The minimum Gasteiger partial charge on any atom is -0.494 e. The summed E-state index contributed by atoms with van der Waals surface area (Å²) in [6, 6.07) is 3.82. The van der Waals surface area contributed by atoms with Gasteiger partial charge in [-0.05, 0) is 43.9 Å². The number of carbonyl (C=O) groups is 1. The van der Waals surface area contributed by atoms with Gasteiger partial charge >= 0.3 is 0 Å². The second kappa shape index (κ2) is 9.58. The lowest BCUT2D eigenvalue weighted by Crippen LogP contribution is -2.19. The van der Waals surface area contributed by atoms with E-state index in [1.807, 2.05) is 16.8 Å². The third kappa shape index (κ3) is 4.04. The van der Waals surface area contributed by atoms with Crippen LogP contribution in [0.5, 0.6) is 11.6 Å². The fourth-order valence-corrected chi connectivity index (χ4v) is 4.29. The molecule has 1 fully saturated rings. The van der Waals surface area contributed by atoms with Crippen LogP contribution in [0.25, 0.3) is 22.0 Å². The largest absolute Gasteiger partial charge is 0.494 e. The number of methoxy groups -OCH3 is 2. The Bertz CT molecular complexity index is 1200. The number of alkyl halides is 1. The second-order valence-corrected chi connectivity index (χ2v) is 7.76. The molecule has 9 heteroatoms. The number of rotatable bonds is 7. The summed E-state index contributed by atoms with van der Waals surface area (Å²) in [5.74, 6) is 0.339. The van der Waals surface area contributed by atoms with Gasteiger partial charge in [-0.3, -0.25) is 4.79 Å². The average Bonchev–Trinajstić information content (AvgIpc) is 3.29. The van der Waals surface area contributed by atoms with Crippen molar-refractivity contribution in [2.45, 2.75) is 39.1 Å².